The van der Waals surface area contributed by atoms with Crippen LogP contribution in [0.3, 0.4) is 0 Å². The molecule has 4 rings (SSSR count). The molecule has 1 amide bonds. The minimum Gasteiger partial charge on any atom is -0.480 e. The van der Waals surface area contributed by atoms with Gasteiger partial charge in [0.15, 0.2) is 5.82 Å². The van der Waals surface area contributed by atoms with Crippen molar-refractivity contribution < 1.29 is 9.53 Å². The van der Waals surface area contributed by atoms with Crippen LogP contribution in [0.25, 0.3) is 5.82 Å². The Morgan fingerprint density at radius 1 is 1.15 bits per heavy atom. The van der Waals surface area contributed by atoms with Crippen molar-refractivity contribution in [2.45, 2.75) is 46.2 Å². The molecule has 8 nitrogen and oxygen atoms in total. The number of hydrogen-bond acceptors (Lipinski definition) is 6. The van der Waals surface area contributed by atoms with Gasteiger partial charge >= 0.3 is 0 Å². The summed E-state index contributed by atoms with van der Waals surface area (Å²) in [7, 11) is 1.54. The number of hydrogen-bond donors (Lipinski definition) is 1. The van der Waals surface area contributed by atoms with Crippen LogP contribution in [-0.2, 0) is 19.5 Å². The first-order chi connectivity index (χ1) is 16.1. The van der Waals surface area contributed by atoms with Crippen LogP contribution < -0.4 is 10.1 Å². The molecule has 0 bridgehead atoms. The fourth-order valence-corrected chi connectivity index (χ4v) is 4.36. The number of likely N-dealkylation sites (tertiary alicyclic amines) is 1. The average Bonchev–Trinajstić information content (AvgIpc) is 3.28. The van der Waals surface area contributed by atoms with Crippen LogP contribution in [0.5, 0.6) is 5.88 Å². The van der Waals surface area contributed by atoms with Crippen molar-refractivity contribution in [3.8, 4) is 11.7 Å². The number of ether oxygens (including phenoxy) is 1. The summed E-state index contributed by atoms with van der Waals surface area (Å²) >= 11 is 0. The van der Waals surface area contributed by atoms with E-state index >= 15 is 0 Å². The predicted molar refractivity (Wildman–Crippen MR) is 126 cm³/mol. The van der Waals surface area contributed by atoms with E-state index in [1.807, 2.05) is 6.92 Å². The molecule has 0 aliphatic carbocycles. The first-order valence-corrected chi connectivity index (χ1v) is 11.6. The smallest absolute Gasteiger partial charge is 0.255 e. The van der Waals surface area contributed by atoms with Gasteiger partial charge in [-0.1, -0.05) is 38.1 Å². The van der Waals surface area contributed by atoms with Crippen LogP contribution in [-0.4, -0.2) is 51.0 Å². The predicted octanol–water partition coefficient (Wildman–Crippen LogP) is 3.40. The topological polar surface area (TPSA) is 85.2 Å². The second kappa shape index (κ2) is 10.6. The maximum absolute atomic E-state index is 12.9. The number of carbonyl (C=O) groups excluding carboxylic acids is 1. The number of piperidine rings is 1. The van der Waals surface area contributed by atoms with E-state index in [0.717, 1.165) is 23.7 Å². The Morgan fingerprint density at radius 2 is 1.94 bits per heavy atom. The molecule has 174 valence electrons. The van der Waals surface area contributed by atoms with Gasteiger partial charge < -0.3 is 10.1 Å². The molecule has 0 saturated carbocycles. The maximum Gasteiger partial charge on any atom is 0.255 e. The van der Waals surface area contributed by atoms with Gasteiger partial charge in [0.1, 0.15) is 0 Å². The van der Waals surface area contributed by atoms with Gasteiger partial charge in [-0.2, -0.15) is 5.10 Å². The number of aromatic nitrogens is 4. The van der Waals surface area contributed by atoms with E-state index in [1.165, 1.54) is 31.5 Å². The molecular formula is C25H32N6O2. The van der Waals surface area contributed by atoms with Gasteiger partial charge in [-0.15, -0.1) is 10.2 Å². The molecule has 1 N–H and O–H groups in total. The van der Waals surface area contributed by atoms with Crippen molar-refractivity contribution in [3.05, 3.63) is 65.0 Å². The van der Waals surface area contributed by atoms with E-state index in [-0.39, 0.29) is 5.91 Å². The number of nitrogens with one attached hydrogen (secondary N) is 1. The third-order valence-electron chi connectivity index (χ3n) is 6.12. The van der Waals surface area contributed by atoms with Gasteiger partial charge in [-0.05, 0) is 48.9 Å². The number of rotatable bonds is 8. The highest BCUT2D eigenvalue weighted by molar-refractivity contribution is 5.95. The highest BCUT2D eigenvalue weighted by atomic mass is 16.5. The summed E-state index contributed by atoms with van der Waals surface area (Å²) in [6.07, 6.45) is 4.84. The van der Waals surface area contributed by atoms with Gasteiger partial charge in [0.05, 0.1) is 24.6 Å². The second-order valence-electron chi connectivity index (χ2n) is 8.69. The monoisotopic (exact) mass is 448 g/mol. The Morgan fingerprint density at radius 3 is 2.61 bits per heavy atom. The van der Waals surface area contributed by atoms with E-state index in [1.54, 1.807) is 30.1 Å². The Kier molecular flexibility index (Phi) is 7.34. The molecule has 1 aromatic carbocycles. The molecule has 3 aromatic rings. The number of carbonyl (C=O) groups is 1. The van der Waals surface area contributed by atoms with E-state index in [2.05, 4.69) is 56.7 Å². The largest absolute Gasteiger partial charge is 0.480 e. The number of methoxy groups -OCH3 is 1. The van der Waals surface area contributed by atoms with Crippen LogP contribution in [0.1, 0.15) is 53.9 Å². The molecule has 8 heteroatoms. The van der Waals surface area contributed by atoms with Gasteiger partial charge in [0, 0.05) is 25.7 Å². The summed E-state index contributed by atoms with van der Waals surface area (Å²) in [4.78, 5) is 15.4. The van der Waals surface area contributed by atoms with Gasteiger partial charge in [-0.3, -0.25) is 9.69 Å². The maximum atomic E-state index is 12.9. The molecule has 0 spiro atoms. The SMILES string of the molecule is CCc1c(C(=O)NCc2ccc(CN3CCCC(C)C3)cc2)cnn1-c1ccc(OC)nn1. The summed E-state index contributed by atoms with van der Waals surface area (Å²) in [6.45, 7) is 8.13. The molecule has 33 heavy (non-hydrogen) atoms. The summed E-state index contributed by atoms with van der Waals surface area (Å²) in [6, 6.07) is 12.0. The quantitative estimate of drug-likeness (QED) is 0.569. The first kappa shape index (κ1) is 22.9. The van der Waals surface area contributed by atoms with Crippen molar-refractivity contribution in [3.63, 3.8) is 0 Å². The molecule has 1 unspecified atom stereocenters. The van der Waals surface area contributed by atoms with Crippen LogP contribution in [0, 0.1) is 5.92 Å². The van der Waals surface area contributed by atoms with Gasteiger partial charge in [-0.25, -0.2) is 4.68 Å². The van der Waals surface area contributed by atoms with E-state index < -0.39 is 0 Å². The highest BCUT2D eigenvalue weighted by Gasteiger charge is 2.18. The van der Waals surface area contributed by atoms with E-state index in [9.17, 15) is 4.79 Å². The minimum atomic E-state index is -0.147. The summed E-state index contributed by atoms with van der Waals surface area (Å²) in [5.74, 6) is 1.61. The Balaban J connectivity index is 1.37. The highest BCUT2D eigenvalue weighted by Crippen LogP contribution is 2.19. The average molecular weight is 449 g/mol. The zero-order valence-electron chi connectivity index (χ0n) is 19.6. The lowest BCUT2D eigenvalue weighted by atomic mass is 9.99. The van der Waals surface area contributed by atoms with Crippen molar-refractivity contribution in [1.29, 1.82) is 0 Å². The van der Waals surface area contributed by atoms with Crippen molar-refractivity contribution in [2.24, 2.45) is 5.92 Å². The third-order valence-corrected chi connectivity index (χ3v) is 6.12. The van der Waals surface area contributed by atoms with Crippen LogP contribution in [0.15, 0.2) is 42.6 Å². The molecule has 1 saturated heterocycles. The van der Waals surface area contributed by atoms with Crippen molar-refractivity contribution >= 4 is 5.91 Å². The first-order valence-electron chi connectivity index (χ1n) is 11.6. The molecule has 1 fully saturated rings. The lowest BCUT2D eigenvalue weighted by molar-refractivity contribution is 0.0950. The minimum absolute atomic E-state index is 0.147. The van der Waals surface area contributed by atoms with Gasteiger partial charge in [0.2, 0.25) is 5.88 Å². The zero-order chi connectivity index (χ0) is 23.2. The fourth-order valence-electron chi connectivity index (χ4n) is 4.36. The lowest BCUT2D eigenvalue weighted by Crippen LogP contribution is -2.33. The Labute approximate surface area is 195 Å². The van der Waals surface area contributed by atoms with Crippen LogP contribution >= 0.6 is 0 Å². The van der Waals surface area contributed by atoms with E-state index in [0.29, 0.717) is 30.2 Å². The number of nitrogens with zero attached hydrogens (tertiary/aromatic N) is 5. The van der Waals surface area contributed by atoms with Crippen LogP contribution in [0.4, 0.5) is 0 Å². The van der Waals surface area contributed by atoms with Gasteiger partial charge in [0.25, 0.3) is 5.91 Å². The Bertz CT molecular complexity index is 1060. The fraction of sp³-hybridized carbons (Fsp3) is 0.440. The molecular weight excluding hydrogens is 416 g/mol. The van der Waals surface area contributed by atoms with Crippen molar-refractivity contribution in [1.82, 2.24) is 30.2 Å². The second-order valence-corrected chi connectivity index (χ2v) is 8.69. The standard InChI is InChI=1S/C25H32N6O2/c1-4-22-21(15-27-31(22)23-11-12-24(33-3)29-28-23)25(32)26-14-19-7-9-20(10-8-19)17-30-13-5-6-18(2)16-30/h7-12,15,18H,4-6,13-14,16-17H2,1-3H3,(H,26,32). The van der Waals surface area contributed by atoms with Crippen molar-refractivity contribution in [2.75, 3.05) is 20.2 Å². The molecule has 2 aromatic heterocycles. The van der Waals surface area contributed by atoms with Crippen LogP contribution in [0.2, 0.25) is 0 Å². The lowest BCUT2D eigenvalue weighted by Gasteiger charge is -2.30. The molecule has 3 heterocycles. The zero-order valence-corrected chi connectivity index (χ0v) is 19.6. The molecule has 1 aliphatic heterocycles. The third kappa shape index (κ3) is 5.57. The summed E-state index contributed by atoms with van der Waals surface area (Å²) in [5, 5.41) is 15.5. The summed E-state index contributed by atoms with van der Waals surface area (Å²) < 4.78 is 6.71. The Hall–Kier alpha value is -3.26. The molecule has 0 radical (unpaired) electrons. The summed E-state index contributed by atoms with van der Waals surface area (Å²) in [5.41, 5.74) is 3.73. The molecule has 1 aliphatic rings. The number of amides is 1. The number of benzene rings is 1. The molecule has 1 atom stereocenters. The normalized spacial score (nSPS) is 16.5. The van der Waals surface area contributed by atoms with E-state index in [4.69, 9.17) is 4.74 Å².